The molecule has 0 nitrogen and oxygen atoms in total. The van der Waals surface area contributed by atoms with Crippen LogP contribution >= 0.6 is 39.9 Å². The second kappa shape index (κ2) is 4.25. The fourth-order valence-corrected chi connectivity index (χ4v) is 3.47. The Kier molecular flexibility index (Phi) is 3.20. The van der Waals surface area contributed by atoms with Gasteiger partial charge < -0.3 is 0 Å². The predicted molar refractivity (Wildman–Crippen MR) is 71.1 cm³/mol. The molecule has 1 heterocycles. The highest BCUT2D eigenvalue weighted by Crippen LogP contribution is 2.31. The van der Waals surface area contributed by atoms with Crippen molar-refractivity contribution < 1.29 is 0 Å². The molecule has 0 spiro atoms. The van der Waals surface area contributed by atoms with E-state index in [1.807, 2.05) is 11.3 Å². The molecule has 14 heavy (non-hydrogen) atoms. The van der Waals surface area contributed by atoms with Crippen LogP contribution in [0.4, 0.5) is 0 Å². The summed E-state index contributed by atoms with van der Waals surface area (Å²) >= 11 is 9.82. The molecular formula is C11H11BrS2. The molecule has 0 unspecified atom stereocenters. The lowest BCUT2D eigenvalue weighted by Gasteiger charge is -2.00. The maximum atomic E-state index is 4.47. The van der Waals surface area contributed by atoms with Crippen molar-refractivity contribution in [3.05, 3.63) is 28.6 Å². The van der Waals surface area contributed by atoms with Crippen molar-refractivity contribution >= 4 is 50.0 Å². The van der Waals surface area contributed by atoms with Crippen LogP contribution < -0.4 is 0 Å². The zero-order valence-electron chi connectivity index (χ0n) is 7.88. The lowest BCUT2D eigenvalue weighted by atomic mass is 10.2. The summed E-state index contributed by atoms with van der Waals surface area (Å²) in [6.45, 7) is 2.19. The molecule has 0 aliphatic heterocycles. The van der Waals surface area contributed by atoms with Gasteiger partial charge in [0, 0.05) is 19.8 Å². The van der Waals surface area contributed by atoms with E-state index in [9.17, 15) is 0 Å². The van der Waals surface area contributed by atoms with Crippen molar-refractivity contribution in [3.63, 3.8) is 0 Å². The second-order valence-electron chi connectivity index (χ2n) is 3.22. The Morgan fingerprint density at radius 2 is 2.14 bits per heavy atom. The molecule has 0 saturated carbocycles. The van der Waals surface area contributed by atoms with Gasteiger partial charge in [0.2, 0.25) is 0 Å². The molecular weight excluding hydrogens is 276 g/mol. The number of rotatable bonds is 2. The maximum absolute atomic E-state index is 4.47. The molecule has 0 saturated heterocycles. The van der Waals surface area contributed by atoms with Gasteiger partial charge in [-0.25, -0.2) is 0 Å². The largest absolute Gasteiger partial charge is 0.143 e. The van der Waals surface area contributed by atoms with Gasteiger partial charge >= 0.3 is 0 Å². The summed E-state index contributed by atoms with van der Waals surface area (Å²) in [5.74, 6) is 0. The number of thiophene rings is 1. The summed E-state index contributed by atoms with van der Waals surface area (Å²) in [6, 6.07) is 6.65. The van der Waals surface area contributed by atoms with Crippen LogP contribution in [0.1, 0.15) is 17.4 Å². The summed E-state index contributed by atoms with van der Waals surface area (Å²) < 4.78 is 1.37. The van der Waals surface area contributed by atoms with Gasteiger partial charge in [-0.3, -0.25) is 0 Å². The Bertz CT molecular complexity index is 460. The van der Waals surface area contributed by atoms with Crippen LogP contribution in [0.25, 0.3) is 10.1 Å². The first-order valence-electron chi connectivity index (χ1n) is 4.55. The topological polar surface area (TPSA) is 0 Å². The molecule has 2 aromatic rings. The van der Waals surface area contributed by atoms with Crippen LogP contribution in [0, 0.1) is 0 Å². The van der Waals surface area contributed by atoms with Gasteiger partial charge in [0.25, 0.3) is 0 Å². The van der Waals surface area contributed by atoms with E-state index >= 15 is 0 Å². The van der Waals surface area contributed by atoms with E-state index in [0.29, 0.717) is 0 Å². The molecule has 74 valence electrons. The number of alkyl halides is 1. The molecule has 0 N–H and O–H groups in total. The molecule has 1 aromatic carbocycles. The first kappa shape index (κ1) is 10.5. The fraction of sp³-hybridized carbons (Fsp3) is 0.273. The number of benzene rings is 1. The molecule has 0 aliphatic carbocycles. The third-order valence-corrected chi connectivity index (χ3v) is 4.52. The number of hydrogen-bond donors (Lipinski definition) is 1. The van der Waals surface area contributed by atoms with E-state index in [4.69, 9.17) is 0 Å². The highest BCUT2D eigenvalue weighted by molar-refractivity contribution is 9.08. The van der Waals surface area contributed by atoms with E-state index in [1.165, 1.54) is 20.5 Å². The third-order valence-electron chi connectivity index (χ3n) is 2.26. The van der Waals surface area contributed by atoms with Gasteiger partial charge in [-0.05, 0) is 35.6 Å². The van der Waals surface area contributed by atoms with Crippen molar-refractivity contribution in [1.82, 2.24) is 0 Å². The summed E-state index contributed by atoms with van der Waals surface area (Å²) in [5, 5.41) is 2.20. The summed E-state index contributed by atoms with van der Waals surface area (Å²) in [7, 11) is 0. The Hall–Kier alpha value is 0.01000. The molecule has 0 atom stereocenters. The number of fused-ring (bicyclic) bond motifs is 1. The van der Waals surface area contributed by atoms with Gasteiger partial charge in [-0.15, -0.1) is 24.0 Å². The van der Waals surface area contributed by atoms with Crippen LogP contribution in [0.2, 0.25) is 0 Å². The zero-order chi connectivity index (χ0) is 10.1. The van der Waals surface area contributed by atoms with Crippen LogP contribution in [-0.2, 0) is 11.8 Å². The molecule has 0 aliphatic rings. The zero-order valence-corrected chi connectivity index (χ0v) is 11.2. The van der Waals surface area contributed by atoms with E-state index in [-0.39, 0.29) is 0 Å². The fourth-order valence-electron chi connectivity index (χ4n) is 1.45. The van der Waals surface area contributed by atoms with Crippen LogP contribution in [0.15, 0.2) is 23.1 Å². The number of hydrogen-bond acceptors (Lipinski definition) is 2. The molecule has 0 bridgehead atoms. The van der Waals surface area contributed by atoms with Crippen molar-refractivity contribution in [2.24, 2.45) is 0 Å². The second-order valence-corrected chi connectivity index (χ2v) is 5.43. The number of thiol groups is 1. The molecule has 1 aromatic heterocycles. The summed E-state index contributed by atoms with van der Waals surface area (Å²) in [4.78, 5) is 2.52. The highest BCUT2D eigenvalue weighted by Gasteiger charge is 2.04. The minimum Gasteiger partial charge on any atom is -0.143 e. The van der Waals surface area contributed by atoms with E-state index in [2.05, 4.69) is 53.7 Å². The molecule has 0 radical (unpaired) electrons. The Morgan fingerprint density at radius 1 is 1.36 bits per heavy atom. The normalized spacial score (nSPS) is 11.1. The maximum Gasteiger partial charge on any atom is 0.0349 e. The van der Waals surface area contributed by atoms with Gasteiger partial charge in [0.05, 0.1) is 0 Å². The van der Waals surface area contributed by atoms with E-state index in [0.717, 1.165) is 16.6 Å². The van der Waals surface area contributed by atoms with Crippen LogP contribution in [-0.4, -0.2) is 0 Å². The minimum atomic E-state index is 0.876. The van der Waals surface area contributed by atoms with Crippen molar-refractivity contribution in [2.45, 2.75) is 23.6 Å². The molecule has 2 rings (SSSR count). The molecule has 0 amide bonds. The van der Waals surface area contributed by atoms with Crippen molar-refractivity contribution in [2.75, 3.05) is 0 Å². The first-order chi connectivity index (χ1) is 6.74. The average Bonchev–Trinajstić information content (AvgIpc) is 2.58. The SMILES string of the molecule is CCc1cc2cc(S)c(CBr)cc2s1. The third kappa shape index (κ3) is 1.86. The van der Waals surface area contributed by atoms with Gasteiger partial charge in [-0.2, -0.15) is 0 Å². The smallest absolute Gasteiger partial charge is 0.0349 e. The van der Waals surface area contributed by atoms with Gasteiger partial charge in [-0.1, -0.05) is 22.9 Å². The molecule has 0 fully saturated rings. The van der Waals surface area contributed by atoms with Crippen molar-refractivity contribution in [3.8, 4) is 0 Å². The Balaban J connectivity index is 2.64. The summed E-state index contributed by atoms with van der Waals surface area (Å²) in [5.41, 5.74) is 1.27. The lowest BCUT2D eigenvalue weighted by Crippen LogP contribution is -1.78. The van der Waals surface area contributed by atoms with Crippen molar-refractivity contribution in [1.29, 1.82) is 0 Å². The van der Waals surface area contributed by atoms with Gasteiger partial charge in [0.15, 0.2) is 0 Å². The molecule has 3 heteroatoms. The monoisotopic (exact) mass is 286 g/mol. The number of halogens is 1. The van der Waals surface area contributed by atoms with Crippen LogP contribution in [0.5, 0.6) is 0 Å². The predicted octanol–water partition coefficient (Wildman–Crippen LogP) is 4.65. The first-order valence-corrected chi connectivity index (χ1v) is 6.93. The Morgan fingerprint density at radius 3 is 2.79 bits per heavy atom. The quantitative estimate of drug-likeness (QED) is 0.603. The minimum absolute atomic E-state index is 0.876. The van der Waals surface area contributed by atoms with E-state index in [1.54, 1.807) is 0 Å². The Labute approximate surface area is 102 Å². The van der Waals surface area contributed by atoms with Gasteiger partial charge in [0.1, 0.15) is 0 Å². The summed E-state index contributed by atoms with van der Waals surface area (Å²) in [6.07, 6.45) is 1.12. The average molecular weight is 287 g/mol. The highest BCUT2D eigenvalue weighted by atomic mass is 79.9. The standard InChI is InChI=1S/C11H11BrS2/c1-2-9-3-7-4-10(13)8(6-12)5-11(7)14-9/h3-5,13H,2,6H2,1H3. The number of aryl methyl sites for hydroxylation is 1. The lowest BCUT2D eigenvalue weighted by molar-refractivity contribution is 1.19. The van der Waals surface area contributed by atoms with E-state index < -0.39 is 0 Å². The van der Waals surface area contributed by atoms with Crippen LogP contribution in [0.3, 0.4) is 0 Å².